The number of hydrogen-bond donors (Lipinski definition) is 0. The molecule has 3 aliphatic carbocycles. The maximum atomic E-state index is 13.9. The van der Waals surface area contributed by atoms with E-state index >= 15 is 0 Å². The second-order valence-electron chi connectivity index (χ2n) is 10.6. The van der Waals surface area contributed by atoms with Crippen LogP contribution in [0, 0.1) is 41.3 Å². The van der Waals surface area contributed by atoms with Gasteiger partial charge in [0.15, 0.2) is 11.6 Å². The zero-order valence-electron chi connectivity index (χ0n) is 19.9. The number of halogens is 3. The molecule has 0 spiro atoms. The van der Waals surface area contributed by atoms with Gasteiger partial charge in [-0.3, -0.25) is 4.79 Å². The topological polar surface area (TPSA) is 35.5 Å². The van der Waals surface area contributed by atoms with E-state index in [1.807, 2.05) is 0 Å². The maximum Gasteiger partial charge on any atom is 0.387 e. The van der Waals surface area contributed by atoms with E-state index in [1.165, 1.54) is 51.0 Å². The van der Waals surface area contributed by atoms with E-state index in [0.717, 1.165) is 67.9 Å². The van der Waals surface area contributed by atoms with Crippen molar-refractivity contribution in [2.75, 3.05) is 0 Å². The van der Waals surface area contributed by atoms with Crippen LogP contribution in [0.15, 0.2) is 30.9 Å². The van der Waals surface area contributed by atoms with Crippen molar-refractivity contribution in [2.45, 2.75) is 83.7 Å². The largest absolute Gasteiger partial charge is 0.432 e. The minimum atomic E-state index is -3.11. The van der Waals surface area contributed by atoms with Crippen molar-refractivity contribution < 1.29 is 27.4 Å². The Bertz CT molecular complexity index is 834. The van der Waals surface area contributed by atoms with Crippen LogP contribution in [-0.4, -0.2) is 12.6 Å². The van der Waals surface area contributed by atoms with Gasteiger partial charge in [0.25, 0.3) is 0 Å². The predicted molar refractivity (Wildman–Crippen MR) is 125 cm³/mol. The molecule has 1 aromatic rings. The van der Waals surface area contributed by atoms with Crippen LogP contribution >= 0.6 is 0 Å². The summed E-state index contributed by atoms with van der Waals surface area (Å²) in [5.74, 6) is 2.08. The van der Waals surface area contributed by atoms with Crippen LogP contribution in [0.25, 0.3) is 0 Å². The Labute approximate surface area is 201 Å². The number of rotatable bonds is 8. The zero-order chi connectivity index (χ0) is 24.1. The smallest absolute Gasteiger partial charge is 0.387 e. The molecular formula is C28H37F3O3. The van der Waals surface area contributed by atoms with Crippen LogP contribution in [0.5, 0.6) is 11.5 Å². The molecule has 0 aromatic heterocycles. The summed E-state index contributed by atoms with van der Waals surface area (Å²) in [5.41, 5.74) is 0. The number of carbonyl (C=O) groups is 1. The van der Waals surface area contributed by atoms with E-state index in [0.29, 0.717) is 5.92 Å². The molecule has 34 heavy (non-hydrogen) atoms. The standard InChI is InChI=1S/C28H37F3O3/c1-2-3-4-18-5-6-23-16-22(12-11-21(23)15-18)19-7-9-20(10-8-19)27(32)33-24-13-14-26(25(29)17-24)34-28(30)31/h2,13-14,17-23,28H,1,3-12,15-16H2. The Morgan fingerprint density at radius 1 is 0.971 bits per heavy atom. The number of alkyl halides is 2. The molecule has 4 unspecified atom stereocenters. The molecule has 6 heteroatoms. The Morgan fingerprint density at radius 2 is 1.62 bits per heavy atom. The summed E-state index contributed by atoms with van der Waals surface area (Å²) in [4.78, 5) is 12.6. The van der Waals surface area contributed by atoms with E-state index in [9.17, 15) is 18.0 Å². The Morgan fingerprint density at radius 3 is 2.29 bits per heavy atom. The lowest BCUT2D eigenvalue weighted by Gasteiger charge is -2.45. The van der Waals surface area contributed by atoms with Crippen molar-refractivity contribution >= 4 is 5.97 Å². The first-order valence-corrected chi connectivity index (χ1v) is 13.0. The monoisotopic (exact) mass is 478 g/mol. The van der Waals surface area contributed by atoms with E-state index < -0.39 is 18.2 Å². The molecule has 3 fully saturated rings. The van der Waals surface area contributed by atoms with Gasteiger partial charge >= 0.3 is 12.6 Å². The minimum absolute atomic E-state index is 0.0215. The van der Waals surface area contributed by atoms with E-state index in [1.54, 1.807) is 0 Å². The first-order valence-electron chi connectivity index (χ1n) is 13.0. The number of benzene rings is 1. The van der Waals surface area contributed by atoms with Gasteiger partial charge in [-0.15, -0.1) is 6.58 Å². The highest BCUT2D eigenvalue weighted by atomic mass is 19.3. The highest BCUT2D eigenvalue weighted by Crippen LogP contribution is 2.49. The lowest BCUT2D eigenvalue weighted by atomic mass is 9.60. The van der Waals surface area contributed by atoms with Crippen molar-refractivity contribution in [3.05, 3.63) is 36.7 Å². The van der Waals surface area contributed by atoms with Gasteiger partial charge in [-0.25, -0.2) is 4.39 Å². The van der Waals surface area contributed by atoms with Crippen molar-refractivity contribution in [3.8, 4) is 11.5 Å². The van der Waals surface area contributed by atoms with E-state index in [4.69, 9.17) is 4.74 Å². The average molecular weight is 479 g/mol. The van der Waals surface area contributed by atoms with Gasteiger partial charge in [-0.1, -0.05) is 12.5 Å². The van der Waals surface area contributed by atoms with Crippen LogP contribution in [0.3, 0.4) is 0 Å². The maximum absolute atomic E-state index is 13.9. The van der Waals surface area contributed by atoms with Crippen LogP contribution in [0.1, 0.15) is 77.0 Å². The third-order valence-electron chi connectivity index (χ3n) is 8.65. The summed E-state index contributed by atoms with van der Waals surface area (Å²) >= 11 is 0. The first kappa shape index (κ1) is 25.1. The lowest BCUT2D eigenvalue weighted by molar-refractivity contribution is -0.140. The molecule has 188 valence electrons. The summed E-state index contributed by atoms with van der Waals surface area (Å²) in [7, 11) is 0. The van der Waals surface area contributed by atoms with Gasteiger partial charge in [0, 0.05) is 6.07 Å². The summed E-state index contributed by atoms with van der Waals surface area (Å²) in [6, 6.07) is 3.27. The third kappa shape index (κ3) is 6.37. The van der Waals surface area contributed by atoms with Crippen LogP contribution in [0.2, 0.25) is 0 Å². The van der Waals surface area contributed by atoms with Gasteiger partial charge in [-0.2, -0.15) is 8.78 Å². The molecule has 3 nitrogen and oxygen atoms in total. The predicted octanol–water partition coefficient (Wildman–Crippen LogP) is 7.94. The van der Waals surface area contributed by atoms with Crippen LogP contribution < -0.4 is 9.47 Å². The van der Waals surface area contributed by atoms with Crippen LogP contribution in [0.4, 0.5) is 13.2 Å². The molecule has 0 aliphatic heterocycles. The highest BCUT2D eigenvalue weighted by Gasteiger charge is 2.39. The lowest BCUT2D eigenvalue weighted by Crippen LogP contribution is -2.35. The van der Waals surface area contributed by atoms with Gasteiger partial charge in [0.05, 0.1) is 5.92 Å². The molecule has 0 N–H and O–H groups in total. The second-order valence-corrected chi connectivity index (χ2v) is 10.6. The SMILES string of the molecule is C=CCCC1CCC2CC(C3CCC(C(=O)Oc4ccc(OC(F)F)c(F)c4)CC3)CCC2C1. The molecule has 0 saturated heterocycles. The minimum Gasteiger partial charge on any atom is -0.432 e. The molecule has 0 heterocycles. The molecular weight excluding hydrogens is 441 g/mol. The summed E-state index contributed by atoms with van der Waals surface area (Å²) in [6.45, 7) is 0.763. The fourth-order valence-corrected chi connectivity index (χ4v) is 6.83. The van der Waals surface area contributed by atoms with Crippen molar-refractivity contribution in [3.63, 3.8) is 0 Å². The summed E-state index contributed by atoms with van der Waals surface area (Å²) in [5, 5.41) is 0. The average Bonchev–Trinajstić information content (AvgIpc) is 2.84. The molecule has 0 amide bonds. The number of allylic oxidation sites excluding steroid dienone is 1. The number of fused-ring (bicyclic) bond motifs is 1. The Balaban J connectivity index is 1.22. The van der Waals surface area contributed by atoms with Gasteiger partial charge < -0.3 is 9.47 Å². The Hall–Kier alpha value is -1.98. The third-order valence-corrected chi connectivity index (χ3v) is 8.65. The molecule has 0 radical (unpaired) electrons. The van der Waals surface area contributed by atoms with E-state index in [2.05, 4.69) is 17.4 Å². The van der Waals surface area contributed by atoms with Crippen LogP contribution in [-0.2, 0) is 4.79 Å². The highest BCUT2D eigenvalue weighted by molar-refractivity contribution is 5.75. The fraction of sp³-hybridized carbons (Fsp3) is 0.679. The number of carbonyl (C=O) groups excluding carboxylic acids is 1. The second kappa shape index (κ2) is 11.6. The van der Waals surface area contributed by atoms with E-state index in [-0.39, 0.29) is 17.6 Å². The molecule has 3 aliphatic rings. The quantitative estimate of drug-likeness (QED) is 0.216. The fourth-order valence-electron chi connectivity index (χ4n) is 6.83. The first-order chi connectivity index (χ1) is 16.4. The number of ether oxygens (including phenoxy) is 2. The zero-order valence-corrected chi connectivity index (χ0v) is 19.9. The van der Waals surface area contributed by atoms with Crippen molar-refractivity contribution in [1.82, 2.24) is 0 Å². The summed E-state index contributed by atoms with van der Waals surface area (Å²) < 4.78 is 47.9. The Kier molecular flexibility index (Phi) is 8.60. The molecule has 4 atom stereocenters. The van der Waals surface area contributed by atoms with Crippen molar-refractivity contribution in [2.24, 2.45) is 35.5 Å². The number of hydrogen-bond acceptors (Lipinski definition) is 3. The molecule has 0 bridgehead atoms. The van der Waals surface area contributed by atoms with Gasteiger partial charge in [-0.05, 0) is 112 Å². The molecule has 4 rings (SSSR count). The van der Waals surface area contributed by atoms with Gasteiger partial charge in [0.1, 0.15) is 5.75 Å². The molecule has 3 saturated carbocycles. The molecule has 1 aromatic carbocycles. The normalized spacial score (nSPS) is 31.5. The van der Waals surface area contributed by atoms with Gasteiger partial charge in [0.2, 0.25) is 0 Å². The number of esters is 1. The summed E-state index contributed by atoms with van der Waals surface area (Å²) in [6.07, 6.45) is 16.4. The van der Waals surface area contributed by atoms with Crippen molar-refractivity contribution in [1.29, 1.82) is 0 Å².